The molecule has 1 aromatic rings. The summed E-state index contributed by atoms with van der Waals surface area (Å²) < 4.78 is 26.4. The van der Waals surface area contributed by atoms with Crippen molar-refractivity contribution in [3.05, 3.63) is 29.8 Å². The third kappa shape index (κ3) is 2.65. The van der Waals surface area contributed by atoms with Crippen LogP contribution < -0.4 is 5.32 Å². The van der Waals surface area contributed by atoms with E-state index >= 15 is 0 Å². The van der Waals surface area contributed by atoms with Gasteiger partial charge in [-0.15, -0.1) is 0 Å². The van der Waals surface area contributed by atoms with Gasteiger partial charge in [0.15, 0.2) is 0 Å². The zero-order chi connectivity index (χ0) is 12.5. The topological polar surface area (TPSA) is 12.0 Å². The summed E-state index contributed by atoms with van der Waals surface area (Å²) in [5.74, 6) is 0.744. The maximum atomic E-state index is 13.6. The summed E-state index contributed by atoms with van der Waals surface area (Å²) in [6, 6.07) is 4.12. The Balaban J connectivity index is 1.64. The number of benzene rings is 1. The summed E-state index contributed by atoms with van der Waals surface area (Å²) >= 11 is 0. The average Bonchev–Trinajstić information content (AvgIpc) is 3.17. The molecule has 0 radical (unpaired) electrons. The molecule has 98 valence electrons. The minimum absolute atomic E-state index is 0.351. The van der Waals surface area contributed by atoms with Crippen molar-refractivity contribution < 1.29 is 8.78 Å². The number of rotatable bonds is 3. The van der Waals surface area contributed by atoms with Crippen LogP contribution >= 0.6 is 0 Å². The van der Waals surface area contributed by atoms with Crippen LogP contribution in [0.15, 0.2) is 18.2 Å². The molecule has 2 aliphatic rings. The molecule has 3 rings (SSSR count). The highest BCUT2D eigenvalue weighted by Gasteiger charge is 2.34. The molecule has 0 aromatic heterocycles. The number of hydrogen-bond donors (Lipinski definition) is 1. The predicted octanol–water partition coefficient (Wildman–Crippen LogP) is 4.35. The van der Waals surface area contributed by atoms with Crippen LogP contribution in [0.5, 0.6) is 0 Å². The molecule has 1 aromatic carbocycles. The molecule has 0 bridgehead atoms. The Morgan fingerprint density at radius 3 is 2.56 bits per heavy atom. The molecule has 0 amide bonds. The summed E-state index contributed by atoms with van der Waals surface area (Å²) in [5, 5.41) is 3.25. The van der Waals surface area contributed by atoms with E-state index in [1.54, 1.807) is 0 Å². The monoisotopic (exact) mass is 251 g/mol. The van der Waals surface area contributed by atoms with Gasteiger partial charge in [-0.3, -0.25) is 0 Å². The molecule has 0 aliphatic heterocycles. The third-order valence-electron chi connectivity index (χ3n) is 4.29. The van der Waals surface area contributed by atoms with Gasteiger partial charge >= 0.3 is 0 Å². The Kier molecular flexibility index (Phi) is 3.23. The normalized spacial score (nSPS) is 28.1. The minimum Gasteiger partial charge on any atom is -0.380 e. The molecule has 2 atom stereocenters. The minimum atomic E-state index is -0.516. The Labute approximate surface area is 107 Å². The molecule has 2 fully saturated rings. The van der Waals surface area contributed by atoms with Gasteiger partial charge in [0.1, 0.15) is 11.6 Å². The highest BCUT2D eigenvalue weighted by Crippen LogP contribution is 2.44. The summed E-state index contributed by atoms with van der Waals surface area (Å²) in [5.41, 5.74) is 0.442. The van der Waals surface area contributed by atoms with E-state index in [4.69, 9.17) is 0 Å². The molecule has 2 saturated carbocycles. The van der Waals surface area contributed by atoms with Crippen LogP contribution in [-0.2, 0) is 0 Å². The second kappa shape index (κ2) is 4.87. The predicted molar refractivity (Wildman–Crippen MR) is 68.5 cm³/mol. The molecular formula is C15H19F2N. The first-order valence-electron chi connectivity index (χ1n) is 6.94. The van der Waals surface area contributed by atoms with Crippen LogP contribution in [0.2, 0.25) is 0 Å². The quantitative estimate of drug-likeness (QED) is 0.842. The lowest BCUT2D eigenvalue weighted by molar-refractivity contribution is 0.302. The van der Waals surface area contributed by atoms with Gasteiger partial charge in [0.05, 0.1) is 5.69 Å². The lowest BCUT2D eigenvalue weighted by Crippen LogP contribution is -2.28. The Hall–Kier alpha value is -1.12. The lowest BCUT2D eigenvalue weighted by atomic mass is 9.82. The highest BCUT2D eigenvalue weighted by atomic mass is 19.1. The zero-order valence-corrected chi connectivity index (χ0v) is 10.5. The van der Waals surface area contributed by atoms with E-state index in [-0.39, 0.29) is 0 Å². The molecule has 1 nitrogen and oxygen atoms in total. The van der Waals surface area contributed by atoms with Crippen molar-refractivity contribution in [1.82, 2.24) is 0 Å². The van der Waals surface area contributed by atoms with Gasteiger partial charge in [0, 0.05) is 12.1 Å². The summed E-state index contributed by atoms with van der Waals surface area (Å²) in [7, 11) is 0. The van der Waals surface area contributed by atoms with Gasteiger partial charge < -0.3 is 5.32 Å². The highest BCUT2D eigenvalue weighted by molar-refractivity contribution is 5.45. The lowest BCUT2D eigenvalue weighted by Gasteiger charge is -2.30. The van der Waals surface area contributed by atoms with Crippen LogP contribution in [0.25, 0.3) is 0 Å². The van der Waals surface area contributed by atoms with E-state index in [0.717, 1.165) is 30.7 Å². The van der Waals surface area contributed by atoms with Gasteiger partial charge in [-0.25, -0.2) is 8.78 Å². The Morgan fingerprint density at radius 2 is 1.83 bits per heavy atom. The van der Waals surface area contributed by atoms with Crippen LogP contribution in [0.1, 0.15) is 38.5 Å². The average molecular weight is 251 g/mol. The number of nitrogens with one attached hydrogen (secondary N) is 1. The number of halogens is 2. The van der Waals surface area contributed by atoms with Crippen molar-refractivity contribution in [2.75, 3.05) is 5.32 Å². The number of anilines is 1. The van der Waals surface area contributed by atoms with Gasteiger partial charge in [0.25, 0.3) is 0 Å². The Bertz CT molecular complexity index is 429. The maximum absolute atomic E-state index is 13.6. The second-order valence-corrected chi connectivity index (χ2v) is 5.73. The first-order chi connectivity index (χ1) is 8.72. The molecule has 2 aliphatic carbocycles. The van der Waals surface area contributed by atoms with E-state index in [2.05, 4.69) is 5.32 Å². The van der Waals surface area contributed by atoms with E-state index in [1.165, 1.54) is 37.8 Å². The van der Waals surface area contributed by atoms with Crippen molar-refractivity contribution in [3.63, 3.8) is 0 Å². The second-order valence-electron chi connectivity index (χ2n) is 5.73. The molecule has 3 heteroatoms. The van der Waals surface area contributed by atoms with Crippen LogP contribution in [0.4, 0.5) is 14.5 Å². The molecule has 18 heavy (non-hydrogen) atoms. The SMILES string of the molecule is Fc1ccc(NC2CCCC(C3CC3)C2)c(F)c1. The number of hydrogen-bond acceptors (Lipinski definition) is 1. The third-order valence-corrected chi connectivity index (χ3v) is 4.29. The van der Waals surface area contributed by atoms with Crippen molar-refractivity contribution in [3.8, 4) is 0 Å². The maximum Gasteiger partial charge on any atom is 0.149 e. The Morgan fingerprint density at radius 1 is 1.00 bits per heavy atom. The van der Waals surface area contributed by atoms with Crippen LogP contribution in [0.3, 0.4) is 0 Å². The molecule has 0 heterocycles. The molecule has 0 spiro atoms. The van der Waals surface area contributed by atoms with Crippen molar-refractivity contribution in [2.24, 2.45) is 11.8 Å². The van der Waals surface area contributed by atoms with Crippen LogP contribution in [0, 0.1) is 23.5 Å². The molecule has 0 saturated heterocycles. The van der Waals surface area contributed by atoms with E-state index in [1.807, 2.05) is 0 Å². The summed E-state index contributed by atoms with van der Waals surface area (Å²) in [4.78, 5) is 0. The summed E-state index contributed by atoms with van der Waals surface area (Å²) in [6.07, 6.45) is 7.54. The van der Waals surface area contributed by atoms with Gasteiger partial charge in [0.2, 0.25) is 0 Å². The fourth-order valence-corrected chi connectivity index (χ4v) is 3.18. The first kappa shape index (κ1) is 11.9. The van der Waals surface area contributed by atoms with Gasteiger partial charge in [-0.2, -0.15) is 0 Å². The van der Waals surface area contributed by atoms with Crippen LogP contribution in [-0.4, -0.2) is 6.04 Å². The van der Waals surface area contributed by atoms with Gasteiger partial charge in [-0.05, 0) is 49.7 Å². The standard InChI is InChI=1S/C15H19F2N/c16-12-6-7-15(14(17)9-12)18-13-3-1-2-11(8-13)10-4-5-10/h6-7,9-11,13,18H,1-5,8H2. The van der Waals surface area contributed by atoms with E-state index < -0.39 is 11.6 Å². The van der Waals surface area contributed by atoms with Crippen molar-refractivity contribution >= 4 is 5.69 Å². The largest absolute Gasteiger partial charge is 0.380 e. The molecular weight excluding hydrogens is 232 g/mol. The fourth-order valence-electron chi connectivity index (χ4n) is 3.18. The molecule has 2 unspecified atom stereocenters. The summed E-state index contributed by atoms with van der Waals surface area (Å²) in [6.45, 7) is 0. The molecule has 1 N–H and O–H groups in total. The van der Waals surface area contributed by atoms with Crippen molar-refractivity contribution in [2.45, 2.75) is 44.6 Å². The smallest absolute Gasteiger partial charge is 0.149 e. The van der Waals surface area contributed by atoms with Gasteiger partial charge in [-0.1, -0.05) is 12.8 Å². The van der Waals surface area contributed by atoms with E-state index in [0.29, 0.717) is 11.7 Å². The fraction of sp³-hybridized carbons (Fsp3) is 0.600. The zero-order valence-electron chi connectivity index (χ0n) is 10.5. The van der Waals surface area contributed by atoms with E-state index in [9.17, 15) is 8.78 Å². The first-order valence-corrected chi connectivity index (χ1v) is 6.94. The van der Waals surface area contributed by atoms with Crippen molar-refractivity contribution in [1.29, 1.82) is 0 Å².